The minimum atomic E-state index is -0.609. The molecule has 1 heterocycles. The number of ketones is 1. The zero-order chi connectivity index (χ0) is 18.2. The third kappa shape index (κ3) is 3.82. The molecule has 0 spiro atoms. The van der Waals surface area contributed by atoms with Gasteiger partial charge in [-0.3, -0.25) is 9.59 Å². The zero-order valence-electron chi connectivity index (χ0n) is 14.1. The van der Waals surface area contributed by atoms with Crippen molar-refractivity contribution in [3.63, 3.8) is 0 Å². The molecule has 0 aliphatic carbocycles. The van der Waals surface area contributed by atoms with Crippen LogP contribution in [0.3, 0.4) is 0 Å². The van der Waals surface area contributed by atoms with Crippen LogP contribution in [0.4, 0.5) is 0 Å². The third-order valence-corrected chi connectivity index (χ3v) is 4.16. The first kappa shape index (κ1) is 17.4. The van der Waals surface area contributed by atoms with E-state index in [1.807, 2.05) is 24.3 Å². The Hall–Kier alpha value is -2.40. The molecule has 0 N–H and O–H groups in total. The highest BCUT2D eigenvalue weighted by atomic mass is 79.9. The second kappa shape index (κ2) is 6.48. The van der Waals surface area contributed by atoms with Gasteiger partial charge in [0.05, 0.1) is 11.0 Å². The van der Waals surface area contributed by atoms with Gasteiger partial charge in [0.25, 0.3) is 0 Å². The van der Waals surface area contributed by atoms with E-state index in [4.69, 9.17) is 9.47 Å². The van der Waals surface area contributed by atoms with Crippen molar-refractivity contribution in [2.24, 2.45) is 5.41 Å². The van der Waals surface area contributed by atoms with Crippen molar-refractivity contribution in [1.29, 1.82) is 0 Å². The number of benzene rings is 2. The number of allylic oxidation sites excluding steroid dienone is 1. The van der Waals surface area contributed by atoms with Crippen LogP contribution in [0.2, 0.25) is 0 Å². The van der Waals surface area contributed by atoms with Gasteiger partial charge in [0.15, 0.2) is 5.76 Å². The smallest absolute Gasteiger partial charge is 0.316 e. The molecule has 0 saturated heterocycles. The average Bonchev–Trinajstić information content (AvgIpc) is 2.84. The Labute approximate surface area is 154 Å². The van der Waals surface area contributed by atoms with Gasteiger partial charge in [-0.15, -0.1) is 0 Å². The fourth-order valence-electron chi connectivity index (χ4n) is 2.20. The Morgan fingerprint density at radius 3 is 2.44 bits per heavy atom. The zero-order valence-corrected chi connectivity index (χ0v) is 15.7. The summed E-state index contributed by atoms with van der Waals surface area (Å²) >= 11 is 3.37. The Kier molecular flexibility index (Phi) is 4.52. The monoisotopic (exact) mass is 400 g/mol. The van der Waals surface area contributed by atoms with Gasteiger partial charge in [0, 0.05) is 10.5 Å². The second-order valence-electron chi connectivity index (χ2n) is 6.79. The number of carbonyl (C=O) groups is 2. The van der Waals surface area contributed by atoms with Gasteiger partial charge >= 0.3 is 5.97 Å². The Bertz CT molecular complexity index is 874. The topological polar surface area (TPSA) is 52.6 Å². The number of hydrogen-bond donors (Lipinski definition) is 0. The van der Waals surface area contributed by atoms with Gasteiger partial charge < -0.3 is 9.47 Å². The maximum absolute atomic E-state index is 12.5. The fraction of sp³-hybridized carbons (Fsp3) is 0.200. The first-order valence-corrected chi connectivity index (χ1v) is 8.59. The fourth-order valence-corrected chi connectivity index (χ4v) is 2.47. The summed E-state index contributed by atoms with van der Waals surface area (Å²) < 4.78 is 12.0. The average molecular weight is 401 g/mol. The van der Waals surface area contributed by atoms with Gasteiger partial charge in [0.2, 0.25) is 5.78 Å². The van der Waals surface area contributed by atoms with E-state index in [1.54, 1.807) is 45.0 Å². The van der Waals surface area contributed by atoms with Crippen molar-refractivity contribution in [1.82, 2.24) is 0 Å². The number of halogens is 1. The second-order valence-corrected chi connectivity index (χ2v) is 7.70. The summed E-state index contributed by atoms with van der Waals surface area (Å²) in [5.74, 6) is 0.467. The summed E-state index contributed by atoms with van der Waals surface area (Å²) in [5.41, 5.74) is 0.708. The molecule has 2 aromatic carbocycles. The molecule has 0 amide bonds. The highest BCUT2D eigenvalue weighted by Crippen LogP contribution is 2.35. The molecular formula is C20H17BrO4. The van der Waals surface area contributed by atoms with Crippen molar-refractivity contribution >= 4 is 33.8 Å². The van der Waals surface area contributed by atoms with E-state index >= 15 is 0 Å². The van der Waals surface area contributed by atoms with Crippen molar-refractivity contribution in [3.05, 3.63) is 63.8 Å². The summed E-state index contributed by atoms with van der Waals surface area (Å²) in [5, 5.41) is 0. The summed E-state index contributed by atoms with van der Waals surface area (Å²) in [7, 11) is 0. The van der Waals surface area contributed by atoms with E-state index in [0.717, 1.165) is 10.0 Å². The lowest BCUT2D eigenvalue weighted by atomic mass is 9.97. The van der Waals surface area contributed by atoms with Crippen molar-refractivity contribution in [2.45, 2.75) is 20.8 Å². The van der Waals surface area contributed by atoms with Crippen LogP contribution in [0.15, 0.2) is 52.7 Å². The first-order chi connectivity index (χ1) is 11.7. The lowest BCUT2D eigenvalue weighted by molar-refractivity contribution is -0.142. The highest BCUT2D eigenvalue weighted by Gasteiger charge is 2.29. The van der Waals surface area contributed by atoms with Crippen LogP contribution in [0.25, 0.3) is 6.08 Å². The summed E-state index contributed by atoms with van der Waals surface area (Å²) in [6.45, 7) is 5.34. The summed E-state index contributed by atoms with van der Waals surface area (Å²) in [4.78, 5) is 24.4. The maximum atomic E-state index is 12.5. The normalized spacial score (nSPS) is 15.0. The number of fused-ring (bicyclic) bond motifs is 1. The largest absolute Gasteiger partial charge is 0.452 e. The number of ether oxygens (including phenoxy) is 2. The summed E-state index contributed by atoms with van der Waals surface area (Å²) in [6.07, 6.45) is 1.69. The van der Waals surface area contributed by atoms with Crippen LogP contribution in [0, 0.1) is 5.41 Å². The van der Waals surface area contributed by atoms with E-state index in [-0.39, 0.29) is 17.5 Å². The third-order valence-electron chi connectivity index (χ3n) is 3.63. The van der Waals surface area contributed by atoms with E-state index < -0.39 is 5.41 Å². The standard InChI is InChI=1S/C20H17BrO4/c1-20(2,3)19(23)24-14-8-9-15-16(11-14)25-17(18(15)22)10-12-4-6-13(21)7-5-12/h4-11H,1-3H3/b17-10+. The highest BCUT2D eigenvalue weighted by molar-refractivity contribution is 9.10. The number of rotatable bonds is 2. The predicted octanol–water partition coefficient (Wildman–Crippen LogP) is 5.02. The van der Waals surface area contributed by atoms with Gasteiger partial charge in [-0.1, -0.05) is 28.1 Å². The molecule has 0 aromatic heterocycles. The molecule has 5 heteroatoms. The predicted molar refractivity (Wildman–Crippen MR) is 98.6 cm³/mol. The minimum Gasteiger partial charge on any atom is -0.452 e. The van der Waals surface area contributed by atoms with E-state index in [2.05, 4.69) is 15.9 Å². The first-order valence-electron chi connectivity index (χ1n) is 7.80. The van der Waals surface area contributed by atoms with E-state index in [0.29, 0.717) is 17.1 Å². The molecule has 0 radical (unpaired) electrons. The number of esters is 1. The SMILES string of the molecule is CC(C)(C)C(=O)Oc1ccc2c(c1)O/C(=C/c1ccc(Br)cc1)C2=O. The molecule has 3 rings (SSSR count). The molecule has 0 fully saturated rings. The van der Waals surface area contributed by atoms with Crippen LogP contribution in [0.5, 0.6) is 11.5 Å². The van der Waals surface area contributed by atoms with E-state index in [1.165, 1.54) is 0 Å². The van der Waals surface area contributed by atoms with Crippen molar-refractivity contribution < 1.29 is 19.1 Å². The number of Topliss-reactive ketones (excluding diaryl/α,β-unsaturated/α-hetero) is 1. The molecule has 1 aliphatic rings. The molecule has 4 nitrogen and oxygen atoms in total. The van der Waals surface area contributed by atoms with E-state index in [9.17, 15) is 9.59 Å². The Balaban J connectivity index is 1.84. The van der Waals surface area contributed by atoms with Gasteiger partial charge in [-0.25, -0.2) is 0 Å². The van der Waals surface area contributed by atoms with Crippen LogP contribution in [0.1, 0.15) is 36.7 Å². The van der Waals surface area contributed by atoms with Crippen molar-refractivity contribution in [2.75, 3.05) is 0 Å². The molecule has 128 valence electrons. The quantitative estimate of drug-likeness (QED) is 0.403. The van der Waals surface area contributed by atoms with Crippen LogP contribution < -0.4 is 9.47 Å². The maximum Gasteiger partial charge on any atom is 0.316 e. The Morgan fingerprint density at radius 1 is 1.12 bits per heavy atom. The Morgan fingerprint density at radius 2 is 1.80 bits per heavy atom. The summed E-state index contributed by atoms with van der Waals surface area (Å²) in [6, 6.07) is 12.3. The molecule has 0 bridgehead atoms. The number of carbonyl (C=O) groups excluding carboxylic acids is 2. The van der Waals surface area contributed by atoms with Gasteiger partial charge in [-0.2, -0.15) is 0 Å². The molecule has 25 heavy (non-hydrogen) atoms. The molecule has 0 saturated carbocycles. The molecule has 1 aliphatic heterocycles. The van der Waals surface area contributed by atoms with Crippen LogP contribution in [-0.2, 0) is 4.79 Å². The van der Waals surface area contributed by atoms with Crippen LogP contribution >= 0.6 is 15.9 Å². The van der Waals surface area contributed by atoms with Gasteiger partial charge in [-0.05, 0) is 56.7 Å². The molecule has 0 unspecified atom stereocenters. The molecule has 0 atom stereocenters. The lowest BCUT2D eigenvalue weighted by Crippen LogP contribution is -2.25. The lowest BCUT2D eigenvalue weighted by Gasteiger charge is -2.16. The molecule has 2 aromatic rings. The van der Waals surface area contributed by atoms with Crippen molar-refractivity contribution in [3.8, 4) is 11.5 Å². The van der Waals surface area contributed by atoms with Gasteiger partial charge in [0.1, 0.15) is 11.5 Å². The minimum absolute atomic E-state index is 0.188. The van der Waals surface area contributed by atoms with Crippen LogP contribution in [-0.4, -0.2) is 11.8 Å². The number of hydrogen-bond acceptors (Lipinski definition) is 4. The molecular weight excluding hydrogens is 384 g/mol.